The summed E-state index contributed by atoms with van der Waals surface area (Å²) in [5.41, 5.74) is 2.45. The van der Waals surface area contributed by atoms with Gasteiger partial charge in [0.25, 0.3) is 5.91 Å². The number of ether oxygens (including phenoxy) is 1. The molecular weight excluding hydrogens is 402 g/mol. The Morgan fingerprint density at radius 3 is 2.34 bits per heavy atom. The van der Waals surface area contributed by atoms with Gasteiger partial charge in [0.15, 0.2) is 0 Å². The molecule has 0 bridgehead atoms. The van der Waals surface area contributed by atoms with Gasteiger partial charge in [-0.1, -0.05) is 54.1 Å². The maximum Gasteiger partial charge on any atom is 0.251 e. The molecule has 0 saturated carbocycles. The summed E-state index contributed by atoms with van der Waals surface area (Å²) in [5.74, 6) is 1.47. The summed E-state index contributed by atoms with van der Waals surface area (Å²) >= 11 is 7.59. The van der Waals surface area contributed by atoms with Crippen molar-refractivity contribution in [3.8, 4) is 5.75 Å². The third-order valence-corrected chi connectivity index (χ3v) is 5.49. The summed E-state index contributed by atoms with van der Waals surface area (Å²) in [6.07, 6.45) is 1.90. The zero-order valence-electron chi connectivity index (χ0n) is 16.1. The lowest BCUT2D eigenvalue weighted by Gasteiger charge is -2.10. The van der Waals surface area contributed by atoms with Crippen LogP contribution < -0.4 is 10.1 Å². The Morgan fingerprint density at radius 2 is 1.69 bits per heavy atom. The molecular formula is C24H22ClNO2S. The molecule has 0 atom stereocenters. The number of carbonyl (C=O) groups is 1. The minimum absolute atomic E-state index is 0.0938. The van der Waals surface area contributed by atoms with E-state index in [1.807, 2.05) is 84.9 Å². The molecule has 0 radical (unpaired) electrons. The fourth-order valence-corrected chi connectivity index (χ4v) is 3.62. The zero-order valence-corrected chi connectivity index (χ0v) is 17.7. The average Bonchev–Trinajstić information content (AvgIpc) is 2.77. The van der Waals surface area contributed by atoms with Crippen LogP contribution in [0.2, 0.25) is 5.02 Å². The molecule has 0 aliphatic carbocycles. The number of thioether (sulfide) groups is 1. The SMILES string of the molecule is COc1ccc(/C=C(\C(=O)NCCSc2ccc(Cl)cc2)c2ccccc2)cc1. The Balaban J connectivity index is 1.67. The van der Waals surface area contributed by atoms with Crippen LogP contribution in [-0.2, 0) is 4.79 Å². The van der Waals surface area contributed by atoms with E-state index in [1.54, 1.807) is 18.9 Å². The quantitative estimate of drug-likeness (QED) is 0.215. The maximum atomic E-state index is 12.9. The third kappa shape index (κ3) is 6.41. The molecule has 3 nitrogen and oxygen atoms in total. The van der Waals surface area contributed by atoms with Crippen molar-refractivity contribution < 1.29 is 9.53 Å². The first kappa shape index (κ1) is 21.0. The van der Waals surface area contributed by atoms with Gasteiger partial charge in [0.2, 0.25) is 0 Å². The van der Waals surface area contributed by atoms with E-state index < -0.39 is 0 Å². The molecule has 3 rings (SSSR count). The van der Waals surface area contributed by atoms with Gasteiger partial charge >= 0.3 is 0 Å². The highest BCUT2D eigenvalue weighted by molar-refractivity contribution is 7.99. The number of amides is 1. The van der Waals surface area contributed by atoms with Crippen LogP contribution in [0.4, 0.5) is 0 Å². The Bertz CT molecular complexity index is 954. The monoisotopic (exact) mass is 423 g/mol. The number of hydrogen-bond donors (Lipinski definition) is 1. The molecule has 0 aromatic heterocycles. The van der Waals surface area contributed by atoms with E-state index >= 15 is 0 Å². The lowest BCUT2D eigenvalue weighted by Crippen LogP contribution is -2.26. The summed E-state index contributed by atoms with van der Waals surface area (Å²) in [7, 11) is 1.63. The summed E-state index contributed by atoms with van der Waals surface area (Å²) in [4.78, 5) is 14.0. The molecule has 3 aromatic carbocycles. The Labute approximate surface area is 180 Å². The van der Waals surface area contributed by atoms with E-state index in [1.165, 1.54) is 0 Å². The zero-order chi connectivity index (χ0) is 20.5. The number of halogens is 1. The lowest BCUT2D eigenvalue weighted by molar-refractivity contribution is -0.115. The van der Waals surface area contributed by atoms with Gasteiger partial charge in [-0.05, 0) is 53.6 Å². The molecule has 148 valence electrons. The van der Waals surface area contributed by atoms with Gasteiger partial charge in [-0.25, -0.2) is 0 Å². The van der Waals surface area contributed by atoms with Gasteiger partial charge in [-0.15, -0.1) is 11.8 Å². The van der Waals surface area contributed by atoms with E-state index in [2.05, 4.69) is 5.32 Å². The van der Waals surface area contributed by atoms with Crippen LogP contribution in [0.5, 0.6) is 5.75 Å². The molecule has 0 aliphatic heterocycles. The number of benzene rings is 3. The molecule has 0 aliphatic rings. The number of rotatable bonds is 8. The normalized spacial score (nSPS) is 11.2. The minimum Gasteiger partial charge on any atom is -0.497 e. The standard InChI is InChI=1S/C24H22ClNO2S/c1-28-21-11-7-18(8-12-21)17-23(19-5-3-2-4-6-19)24(27)26-15-16-29-22-13-9-20(25)10-14-22/h2-14,17H,15-16H2,1H3,(H,26,27)/b23-17-. The summed E-state index contributed by atoms with van der Waals surface area (Å²) < 4.78 is 5.21. The van der Waals surface area contributed by atoms with Crippen LogP contribution in [0.25, 0.3) is 11.6 Å². The fraction of sp³-hybridized carbons (Fsp3) is 0.125. The van der Waals surface area contributed by atoms with E-state index in [0.717, 1.165) is 32.5 Å². The first-order valence-electron chi connectivity index (χ1n) is 9.23. The van der Waals surface area contributed by atoms with Gasteiger partial charge in [0, 0.05) is 27.8 Å². The number of nitrogens with one attached hydrogen (secondary N) is 1. The summed E-state index contributed by atoms with van der Waals surface area (Å²) in [6, 6.07) is 25.0. The van der Waals surface area contributed by atoms with Crippen LogP contribution in [-0.4, -0.2) is 25.3 Å². The second-order valence-corrected chi connectivity index (χ2v) is 7.86. The molecule has 3 aromatic rings. The first-order valence-corrected chi connectivity index (χ1v) is 10.6. The van der Waals surface area contributed by atoms with Crippen molar-refractivity contribution in [2.24, 2.45) is 0 Å². The van der Waals surface area contributed by atoms with Gasteiger partial charge in [0.1, 0.15) is 5.75 Å². The lowest BCUT2D eigenvalue weighted by atomic mass is 10.0. The Morgan fingerprint density at radius 1 is 1.00 bits per heavy atom. The molecule has 0 spiro atoms. The van der Waals surface area contributed by atoms with E-state index in [0.29, 0.717) is 12.1 Å². The first-order chi connectivity index (χ1) is 14.2. The smallest absolute Gasteiger partial charge is 0.251 e. The molecule has 5 heteroatoms. The molecule has 29 heavy (non-hydrogen) atoms. The topological polar surface area (TPSA) is 38.3 Å². The second-order valence-electron chi connectivity index (χ2n) is 6.26. The number of hydrogen-bond acceptors (Lipinski definition) is 3. The molecule has 1 N–H and O–H groups in total. The molecule has 0 heterocycles. The van der Waals surface area contributed by atoms with E-state index in [-0.39, 0.29) is 5.91 Å². The minimum atomic E-state index is -0.0938. The highest BCUT2D eigenvalue weighted by atomic mass is 35.5. The van der Waals surface area contributed by atoms with Gasteiger partial charge < -0.3 is 10.1 Å². The molecule has 0 saturated heterocycles. The fourth-order valence-electron chi connectivity index (χ4n) is 2.72. The van der Waals surface area contributed by atoms with Crippen LogP contribution in [0.15, 0.2) is 83.8 Å². The van der Waals surface area contributed by atoms with Gasteiger partial charge in [-0.2, -0.15) is 0 Å². The van der Waals surface area contributed by atoms with Crippen LogP contribution in [0, 0.1) is 0 Å². The molecule has 1 amide bonds. The van der Waals surface area contributed by atoms with E-state index in [4.69, 9.17) is 16.3 Å². The average molecular weight is 424 g/mol. The van der Waals surface area contributed by atoms with Crippen molar-refractivity contribution in [3.05, 3.63) is 95.0 Å². The number of methoxy groups -OCH3 is 1. The Hall–Kier alpha value is -2.69. The molecule has 0 fully saturated rings. The predicted molar refractivity (Wildman–Crippen MR) is 122 cm³/mol. The second kappa shape index (κ2) is 10.7. The van der Waals surface area contributed by atoms with Crippen LogP contribution in [0.1, 0.15) is 11.1 Å². The highest BCUT2D eigenvalue weighted by Gasteiger charge is 2.11. The van der Waals surface area contributed by atoms with Crippen molar-refractivity contribution in [1.29, 1.82) is 0 Å². The molecule has 0 unspecified atom stereocenters. The Kier molecular flexibility index (Phi) is 7.79. The number of carbonyl (C=O) groups excluding carboxylic acids is 1. The van der Waals surface area contributed by atoms with Crippen molar-refractivity contribution in [3.63, 3.8) is 0 Å². The van der Waals surface area contributed by atoms with Crippen molar-refractivity contribution in [2.45, 2.75) is 4.90 Å². The summed E-state index contributed by atoms with van der Waals surface area (Å²) in [6.45, 7) is 0.568. The highest BCUT2D eigenvalue weighted by Crippen LogP contribution is 2.22. The van der Waals surface area contributed by atoms with Crippen LogP contribution in [0.3, 0.4) is 0 Å². The van der Waals surface area contributed by atoms with Crippen molar-refractivity contribution >= 4 is 40.9 Å². The van der Waals surface area contributed by atoms with Gasteiger partial charge in [-0.3, -0.25) is 4.79 Å². The third-order valence-electron chi connectivity index (χ3n) is 4.23. The van der Waals surface area contributed by atoms with Crippen molar-refractivity contribution in [2.75, 3.05) is 19.4 Å². The predicted octanol–water partition coefficient (Wildman–Crippen LogP) is 5.80. The van der Waals surface area contributed by atoms with E-state index in [9.17, 15) is 4.79 Å². The largest absolute Gasteiger partial charge is 0.497 e. The van der Waals surface area contributed by atoms with Crippen LogP contribution >= 0.6 is 23.4 Å². The van der Waals surface area contributed by atoms with Crippen molar-refractivity contribution in [1.82, 2.24) is 5.32 Å². The summed E-state index contributed by atoms with van der Waals surface area (Å²) in [5, 5.41) is 3.75. The van der Waals surface area contributed by atoms with Gasteiger partial charge in [0.05, 0.1) is 7.11 Å². The maximum absolute atomic E-state index is 12.9.